The number of hydrogen-bond donors (Lipinski definition) is 1. The standard InChI is InChI=1S/C18H29N/c1-4-7-14(2)12-18(19-3)17-11-10-15-8-5-6-9-16(15)13-17/h5-6,8-9,14,17-19H,4,7,10-13H2,1-3H3. The maximum Gasteiger partial charge on any atom is 0.00981 e. The van der Waals surface area contributed by atoms with Crippen LogP contribution in [0.2, 0.25) is 0 Å². The van der Waals surface area contributed by atoms with Gasteiger partial charge in [0.1, 0.15) is 0 Å². The third-order valence-corrected chi connectivity index (χ3v) is 4.76. The molecule has 1 aliphatic carbocycles. The summed E-state index contributed by atoms with van der Waals surface area (Å²) < 4.78 is 0. The first-order valence-corrected chi connectivity index (χ1v) is 7.98. The van der Waals surface area contributed by atoms with Crippen LogP contribution in [0.1, 0.15) is 50.7 Å². The molecule has 106 valence electrons. The molecule has 0 bridgehead atoms. The lowest BCUT2D eigenvalue weighted by Crippen LogP contribution is -2.38. The Bertz CT molecular complexity index is 385. The quantitative estimate of drug-likeness (QED) is 0.807. The van der Waals surface area contributed by atoms with Gasteiger partial charge in [-0.1, -0.05) is 51.0 Å². The van der Waals surface area contributed by atoms with Crippen LogP contribution < -0.4 is 5.32 Å². The van der Waals surface area contributed by atoms with Gasteiger partial charge in [-0.2, -0.15) is 0 Å². The molecule has 3 unspecified atom stereocenters. The largest absolute Gasteiger partial charge is 0.317 e. The molecule has 19 heavy (non-hydrogen) atoms. The Morgan fingerprint density at radius 3 is 2.68 bits per heavy atom. The number of aryl methyl sites for hydroxylation is 1. The van der Waals surface area contributed by atoms with Crippen LogP contribution in [0.15, 0.2) is 24.3 Å². The molecule has 2 rings (SSSR count). The third-order valence-electron chi connectivity index (χ3n) is 4.76. The Labute approximate surface area is 118 Å². The van der Waals surface area contributed by atoms with Crippen molar-refractivity contribution in [2.45, 2.75) is 58.4 Å². The van der Waals surface area contributed by atoms with Crippen molar-refractivity contribution < 1.29 is 0 Å². The molecule has 0 radical (unpaired) electrons. The SMILES string of the molecule is CCCC(C)CC(NC)C1CCc2ccccc2C1. The minimum atomic E-state index is 0.690. The Balaban J connectivity index is 1.97. The summed E-state index contributed by atoms with van der Waals surface area (Å²) in [5, 5.41) is 3.59. The summed E-state index contributed by atoms with van der Waals surface area (Å²) in [5.74, 6) is 1.67. The van der Waals surface area contributed by atoms with Gasteiger partial charge in [-0.05, 0) is 55.7 Å². The highest BCUT2D eigenvalue weighted by Crippen LogP contribution is 2.30. The Kier molecular flexibility index (Phi) is 5.45. The first-order valence-electron chi connectivity index (χ1n) is 7.98. The van der Waals surface area contributed by atoms with Gasteiger partial charge in [0.05, 0.1) is 0 Å². The summed E-state index contributed by atoms with van der Waals surface area (Å²) in [5.41, 5.74) is 3.16. The monoisotopic (exact) mass is 259 g/mol. The van der Waals surface area contributed by atoms with E-state index in [1.165, 1.54) is 38.5 Å². The molecule has 0 spiro atoms. The van der Waals surface area contributed by atoms with Crippen molar-refractivity contribution in [3.05, 3.63) is 35.4 Å². The second kappa shape index (κ2) is 7.09. The lowest BCUT2D eigenvalue weighted by Gasteiger charge is -2.33. The highest BCUT2D eigenvalue weighted by Gasteiger charge is 2.26. The smallest absolute Gasteiger partial charge is 0.00981 e. The second-order valence-electron chi connectivity index (χ2n) is 6.30. The summed E-state index contributed by atoms with van der Waals surface area (Å²) in [4.78, 5) is 0. The van der Waals surface area contributed by atoms with Crippen molar-refractivity contribution >= 4 is 0 Å². The fourth-order valence-electron chi connectivity index (χ4n) is 3.66. The minimum Gasteiger partial charge on any atom is -0.317 e. The van der Waals surface area contributed by atoms with E-state index in [4.69, 9.17) is 0 Å². The van der Waals surface area contributed by atoms with Crippen molar-refractivity contribution in [2.75, 3.05) is 7.05 Å². The van der Waals surface area contributed by atoms with Gasteiger partial charge in [-0.3, -0.25) is 0 Å². The highest BCUT2D eigenvalue weighted by molar-refractivity contribution is 5.30. The van der Waals surface area contributed by atoms with Crippen LogP contribution in [-0.4, -0.2) is 13.1 Å². The van der Waals surface area contributed by atoms with Gasteiger partial charge in [-0.25, -0.2) is 0 Å². The zero-order valence-corrected chi connectivity index (χ0v) is 12.8. The van der Waals surface area contributed by atoms with Crippen molar-refractivity contribution in [2.24, 2.45) is 11.8 Å². The first-order chi connectivity index (χ1) is 9.24. The van der Waals surface area contributed by atoms with Crippen molar-refractivity contribution in [1.29, 1.82) is 0 Å². The topological polar surface area (TPSA) is 12.0 Å². The summed E-state index contributed by atoms with van der Waals surface area (Å²) in [7, 11) is 2.14. The predicted octanol–water partition coefficient (Wildman–Crippen LogP) is 4.21. The Morgan fingerprint density at radius 1 is 1.26 bits per heavy atom. The van der Waals surface area contributed by atoms with Crippen molar-refractivity contribution in [1.82, 2.24) is 5.32 Å². The van der Waals surface area contributed by atoms with Gasteiger partial charge in [0, 0.05) is 6.04 Å². The minimum absolute atomic E-state index is 0.690. The number of nitrogens with one attached hydrogen (secondary N) is 1. The molecule has 0 amide bonds. The molecule has 0 aliphatic heterocycles. The molecular weight excluding hydrogens is 230 g/mol. The van der Waals surface area contributed by atoms with E-state index in [0.717, 1.165) is 11.8 Å². The summed E-state index contributed by atoms with van der Waals surface area (Å²) >= 11 is 0. The van der Waals surface area contributed by atoms with Crippen LogP contribution >= 0.6 is 0 Å². The molecular formula is C18H29N. The average Bonchev–Trinajstić information content (AvgIpc) is 2.44. The molecule has 0 aromatic heterocycles. The zero-order chi connectivity index (χ0) is 13.7. The van der Waals surface area contributed by atoms with Crippen molar-refractivity contribution in [3.8, 4) is 0 Å². The number of hydrogen-bond acceptors (Lipinski definition) is 1. The lowest BCUT2D eigenvalue weighted by molar-refractivity contribution is 0.281. The maximum absolute atomic E-state index is 3.59. The highest BCUT2D eigenvalue weighted by atomic mass is 14.9. The van der Waals surface area contributed by atoms with E-state index in [9.17, 15) is 0 Å². The average molecular weight is 259 g/mol. The lowest BCUT2D eigenvalue weighted by atomic mass is 9.77. The number of fused-ring (bicyclic) bond motifs is 1. The van der Waals surface area contributed by atoms with Crippen molar-refractivity contribution in [3.63, 3.8) is 0 Å². The van der Waals surface area contributed by atoms with Crippen LogP contribution in [0.25, 0.3) is 0 Å². The molecule has 1 heteroatoms. The van der Waals surface area contributed by atoms with E-state index in [1.54, 1.807) is 11.1 Å². The molecule has 1 nitrogen and oxygen atoms in total. The van der Waals surface area contributed by atoms with Crippen LogP contribution in [0.5, 0.6) is 0 Å². The molecule has 1 aromatic carbocycles. The summed E-state index contributed by atoms with van der Waals surface area (Å²) in [6.07, 6.45) is 7.88. The van der Waals surface area contributed by atoms with Crippen LogP contribution in [0.4, 0.5) is 0 Å². The molecule has 0 heterocycles. The van der Waals surface area contributed by atoms with Gasteiger partial charge in [0.2, 0.25) is 0 Å². The fraction of sp³-hybridized carbons (Fsp3) is 0.667. The van der Waals surface area contributed by atoms with E-state index in [-0.39, 0.29) is 0 Å². The predicted molar refractivity (Wildman–Crippen MR) is 83.5 cm³/mol. The summed E-state index contributed by atoms with van der Waals surface area (Å²) in [6, 6.07) is 9.69. The normalized spacial score (nSPS) is 21.7. The molecule has 0 saturated heterocycles. The van der Waals surface area contributed by atoms with E-state index in [1.807, 2.05) is 0 Å². The molecule has 0 saturated carbocycles. The van der Waals surface area contributed by atoms with Gasteiger partial charge in [-0.15, -0.1) is 0 Å². The Morgan fingerprint density at radius 2 is 2.00 bits per heavy atom. The number of rotatable bonds is 6. The van der Waals surface area contributed by atoms with Gasteiger partial charge in [0.25, 0.3) is 0 Å². The van der Waals surface area contributed by atoms with E-state index in [2.05, 4.69) is 50.5 Å². The third kappa shape index (κ3) is 3.82. The Hall–Kier alpha value is -0.820. The van der Waals surface area contributed by atoms with Gasteiger partial charge in [0.15, 0.2) is 0 Å². The molecule has 1 N–H and O–H groups in total. The van der Waals surface area contributed by atoms with E-state index in [0.29, 0.717) is 6.04 Å². The number of benzene rings is 1. The summed E-state index contributed by atoms with van der Waals surface area (Å²) in [6.45, 7) is 4.70. The second-order valence-corrected chi connectivity index (χ2v) is 6.30. The fourth-order valence-corrected chi connectivity index (χ4v) is 3.66. The van der Waals surface area contributed by atoms with Crippen LogP contribution in [0, 0.1) is 11.8 Å². The van der Waals surface area contributed by atoms with Crippen LogP contribution in [-0.2, 0) is 12.8 Å². The van der Waals surface area contributed by atoms with Gasteiger partial charge < -0.3 is 5.32 Å². The molecule has 1 aliphatic rings. The first kappa shape index (κ1) is 14.6. The molecule has 3 atom stereocenters. The molecule has 0 fully saturated rings. The van der Waals surface area contributed by atoms with Gasteiger partial charge >= 0.3 is 0 Å². The van der Waals surface area contributed by atoms with Crippen LogP contribution in [0.3, 0.4) is 0 Å². The zero-order valence-electron chi connectivity index (χ0n) is 12.8. The maximum atomic E-state index is 3.59. The van der Waals surface area contributed by atoms with E-state index < -0.39 is 0 Å². The molecule has 1 aromatic rings. The van der Waals surface area contributed by atoms with E-state index >= 15 is 0 Å².